The van der Waals surface area contributed by atoms with Crippen LogP contribution in [-0.4, -0.2) is 9.97 Å². The molecular formula is C24H17Br3N2O. The zero-order valence-corrected chi connectivity index (χ0v) is 21.0. The van der Waals surface area contributed by atoms with Crippen LogP contribution in [0, 0.1) is 13.8 Å². The summed E-state index contributed by atoms with van der Waals surface area (Å²) in [5, 5.41) is 2.27. The SMILES string of the molecule is Cc1cc(-c2cccc3c2oc2ccccc23)ncc1Br.Cc1cc(Br)ncc1Br. The summed E-state index contributed by atoms with van der Waals surface area (Å²) >= 11 is 10.1. The largest absolute Gasteiger partial charge is 0.455 e. The number of hydrogen-bond donors (Lipinski definition) is 0. The van der Waals surface area contributed by atoms with E-state index in [1.807, 2.05) is 37.4 Å². The van der Waals surface area contributed by atoms with Gasteiger partial charge < -0.3 is 4.42 Å². The number of pyridine rings is 2. The lowest BCUT2D eigenvalue weighted by Gasteiger charge is -2.04. The van der Waals surface area contributed by atoms with E-state index >= 15 is 0 Å². The Balaban J connectivity index is 0.000000204. The van der Waals surface area contributed by atoms with Crippen molar-refractivity contribution in [2.45, 2.75) is 13.8 Å². The van der Waals surface area contributed by atoms with Crippen LogP contribution >= 0.6 is 47.8 Å². The van der Waals surface area contributed by atoms with Gasteiger partial charge in [0, 0.05) is 37.7 Å². The molecule has 0 bridgehead atoms. The number of benzene rings is 2. The van der Waals surface area contributed by atoms with Gasteiger partial charge in [-0.05, 0) is 97.0 Å². The minimum atomic E-state index is 0.878. The maximum Gasteiger partial charge on any atom is 0.144 e. The molecule has 150 valence electrons. The summed E-state index contributed by atoms with van der Waals surface area (Å²) < 4.78 is 9.00. The van der Waals surface area contributed by atoms with Crippen LogP contribution in [0.5, 0.6) is 0 Å². The Morgan fingerprint density at radius 3 is 2.10 bits per heavy atom. The average molecular weight is 589 g/mol. The van der Waals surface area contributed by atoms with Crippen molar-refractivity contribution in [3.63, 3.8) is 0 Å². The molecule has 30 heavy (non-hydrogen) atoms. The van der Waals surface area contributed by atoms with Gasteiger partial charge >= 0.3 is 0 Å². The van der Waals surface area contributed by atoms with Crippen LogP contribution in [0.3, 0.4) is 0 Å². The van der Waals surface area contributed by atoms with Crippen LogP contribution in [-0.2, 0) is 0 Å². The van der Waals surface area contributed by atoms with E-state index < -0.39 is 0 Å². The number of aryl methyl sites for hydroxylation is 2. The van der Waals surface area contributed by atoms with Gasteiger partial charge in [0.15, 0.2) is 0 Å². The molecule has 0 aliphatic heterocycles. The zero-order chi connectivity index (χ0) is 21.3. The fourth-order valence-electron chi connectivity index (χ4n) is 3.14. The fourth-order valence-corrected chi connectivity index (χ4v) is 4.02. The standard InChI is InChI=1S/C18H12BrNO.C6H5Br2N/c1-11-9-16(20-10-15(11)19)14-7-4-6-13-12-5-2-3-8-17(12)21-18(13)14;1-4-2-6(8)9-3-5(4)7/h2-10H,1H3;2-3H,1H3. The first-order valence-corrected chi connectivity index (χ1v) is 11.6. The first-order valence-electron chi connectivity index (χ1n) is 9.24. The minimum absolute atomic E-state index is 0.878. The van der Waals surface area contributed by atoms with Gasteiger partial charge in [0.05, 0.1) is 5.69 Å². The van der Waals surface area contributed by atoms with Crippen LogP contribution < -0.4 is 0 Å². The molecule has 3 heterocycles. The third-order valence-corrected chi connectivity index (χ3v) is 6.83. The van der Waals surface area contributed by atoms with E-state index in [1.165, 1.54) is 5.56 Å². The van der Waals surface area contributed by atoms with E-state index in [0.717, 1.165) is 52.3 Å². The van der Waals surface area contributed by atoms with Crippen LogP contribution in [0.25, 0.3) is 33.2 Å². The summed E-state index contributed by atoms with van der Waals surface area (Å²) in [6.45, 7) is 4.09. The lowest BCUT2D eigenvalue weighted by atomic mass is 10.1. The lowest BCUT2D eigenvalue weighted by molar-refractivity contribution is 0.670. The molecule has 0 aliphatic carbocycles. The average Bonchev–Trinajstić information content (AvgIpc) is 3.12. The summed E-state index contributed by atoms with van der Waals surface area (Å²) in [4.78, 5) is 8.53. The molecular weight excluding hydrogens is 572 g/mol. The molecule has 2 aromatic carbocycles. The molecule has 0 fully saturated rings. The number of fused-ring (bicyclic) bond motifs is 3. The zero-order valence-electron chi connectivity index (χ0n) is 16.3. The Kier molecular flexibility index (Phi) is 6.37. The molecule has 6 heteroatoms. The van der Waals surface area contributed by atoms with E-state index in [0.29, 0.717) is 0 Å². The van der Waals surface area contributed by atoms with Gasteiger partial charge in [-0.25, -0.2) is 4.98 Å². The number of furan rings is 1. The number of halogens is 3. The van der Waals surface area contributed by atoms with Crippen molar-refractivity contribution in [2.24, 2.45) is 0 Å². The Bertz CT molecular complexity index is 1360. The first kappa shape index (κ1) is 21.2. The molecule has 0 atom stereocenters. The van der Waals surface area contributed by atoms with E-state index in [1.54, 1.807) is 6.20 Å². The molecule has 0 N–H and O–H groups in total. The van der Waals surface area contributed by atoms with Crippen LogP contribution in [0.1, 0.15) is 11.1 Å². The molecule has 5 rings (SSSR count). The molecule has 0 saturated carbocycles. The summed E-state index contributed by atoms with van der Waals surface area (Å²) in [5.74, 6) is 0. The number of rotatable bonds is 1. The normalized spacial score (nSPS) is 10.8. The van der Waals surface area contributed by atoms with Gasteiger partial charge in [-0.15, -0.1) is 0 Å². The highest BCUT2D eigenvalue weighted by Gasteiger charge is 2.12. The van der Waals surface area contributed by atoms with Crippen molar-refractivity contribution in [2.75, 3.05) is 0 Å². The summed E-state index contributed by atoms with van der Waals surface area (Å²) in [6.07, 6.45) is 3.62. The number of hydrogen-bond acceptors (Lipinski definition) is 3. The second kappa shape index (κ2) is 9.00. The van der Waals surface area contributed by atoms with E-state index in [9.17, 15) is 0 Å². The number of nitrogens with zero attached hydrogens (tertiary/aromatic N) is 2. The lowest BCUT2D eigenvalue weighted by Crippen LogP contribution is -1.86. The molecule has 0 radical (unpaired) electrons. The van der Waals surface area contributed by atoms with Gasteiger partial charge in [0.1, 0.15) is 15.8 Å². The van der Waals surface area contributed by atoms with E-state index in [-0.39, 0.29) is 0 Å². The van der Waals surface area contributed by atoms with Crippen LogP contribution in [0.15, 0.2) is 85.0 Å². The Hall–Kier alpha value is -2.02. The second-order valence-electron chi connectivity index (χ2n) is 6.86. The maximum absolute atomic E-state index is 6.06. The van der Waals surface area contributed by atoms with Crippen LogP contribution in [0.2, 0.25) is 0 Å². The summed E-state index contributed by atoms with van der Waals surface area (Å²) in [6, 6.07) is 18.4. The third kappa shape index (κ3) is 4.36. The quantitative estimate of drug-likeness (QED) is 0.184. The molecule has 3 aromatic heterocycles. The smallest absolute Gasteiger partial charge is 0.144 e. The predicted octanol–water partition coefficient (Wildman–Crippen LogP) is 8.63. The van der Waals surface area contributed by atoms with Crippen LogP contribution in [0.4, 0.5) is 0 Å². The molecule has 3 nitrogen and oxygen atoms in total. The van der Waals surface area contributed by atoms with Crippen molar-refractivity contribution in [1.29, 1.82) is 0 Å². The molecule has 0 saturated heterocycles. The van der Waals surface area contributed by atoms with Gasteiger partial charge in [0.25, 0.3) is 0 Å². The second-order valence-corrected chi connectivity index (χ2v) is 9.38. The van der Waals surface area contributed by atoms with Gasteiger partial charge in [-0.1, -0.05) is 30.3 Å². The molecule has 0 spiro atoms. The predicted molar refractivity (Wildman–Crippen MR) is 134 cm³/mol. The molecule has 0 amide bonds. The minimum Gasteiger partial charge on any atom is -0.455 e. The fraction of sp³-hybridized carbons (Fsp3) is 0.0833. The monoisotopic (exact) mass is 586 g/mol. The Morgan fingerprint density at radius 2 is 1.40 bits per heavy atom. The van der Waals surface area contributed by atoms with Gasteiger partial charge in [-0.2, -0.15) is 0 Å². The highest BCUT2D eigenvalue weighted by atomic mass is 79.9. The Morgan fingerprint density at radius 1 is 0.733 bits per heavy atom. The summed E-state index contributed by atoms with van der Waals surface area (Å²) in [5.41, 5.74) is 6.12. The van der Waals surface area contributed by atoms with Crippen molar-refractivity contribution >= 4 is 69.7 Å². The number of aromatic nitrogens is 2. The maximum atomic E-state index is 6.06. The Labute approximate surface area is 199 Å². The first-order chi connectivity index (χ1) is 14.4. The van der Waals surface area contributed by atoms with Crippen molar-refractivity contribution in [3.05, 3.63) is 91.7 Å². The van der Waals surface area contributed by atoms with Crippen molar-refractivity contribution in [3.8, 4) is 11.3 Å². The highest BCUT2D eigenvalue weighted by molar-refractivity contribution is 9.11. The van der Waals surface area contributed by atoms with Crippen molar-refractivity contribution in [1.82, 2.24) is 9.97 Å². The van der Waals surface area contributed by atoms with Gasteiger partial charge in [-0.3, -0.25) is 4.98 Å². The van der Waals surface area contributed by atoms with Crippen molar-refractivity contribution < 1.29 is 4.42 Å². The molecule has 0 aliphatic rings. The van der Waals surface area contributed by atoms with E-state index in [2.05, 4.69) is 95.0 Å². The summed E-state index contributed by atoms with van der Waals surface area (Å²) in [7, 11) is 0. The molecule has 5 aromatic rings. The molecule has 0 unspecified atom stereocenters. The topological polar surface area (TPSA) is 38.9 Å². The highest BCUT2D eigenvalue weighted by Crippen LogP contribution is 2.35. The third-order valence-electron chi connectivity index (χ3n) is 4.74. The van der Waals surface area contributed by atoms with Gasteiger partial charge in [0.2, 0.25) is 0 Å². The van der Waals surface area contributed by atoms with E-state index in [4.69, 9.17) is 4.42 Å². The number of para-hydroxylation sites is 2.